The summed E-state index contributed by atoms with van der Waals surface area (Å²) in [5.41, 5.74) is 2.45. The van der Waals surface area contributed by atoms with Crippen LogP contribution in [0.4, 0.5) is 4.79 Å². The lowest BCUT2D eigenvalue weighted by atomic mass is 9.79. The third kappa shape index (κ3) is 7.41. The van der Waals surface area contributed by atoms with Crippen molar-refractivity contribution in [1.29, 1.82) is 0 Å². The predicted octanol–water partition coefficient (Wildman–Crippen LogP) is 5.91. The molecule has 1 aromatic carbocycles. The summed E-state index contributed by atoms with van der Waals surface area (Å²) in [5, 5.41) is 17.7. The van der Waals surface area contributed by atoms with Gasteiger partial charge in [0.25, 0.3) is 0 Å². The van der Waals surface area contributed by atoms with E-state index in [0.717, 1.165) is 36.8 Å². The van der Waals surface area contributed by atoms with Crippen LogP contribution in [0.3, 0.4) is 0 Å². The molecule has 0 saturated heterocycles. The molecule has 1 aromatic rings. The Morgan fingerprint density at radius 2 is 1.55 bits per heavy atom. The number of hydrogen-bond donors (Lipinski definition) is 3. The summed E-state index contributed by atoms with van der Waals surface area (Å²) in [7, 11) is 0. The van der Waals surface area contributed by atoms with Crippen LogP contribution in [-0.2, 0) is 22.1 Å². The van der Waals surface area contributed by atoms with E-state index >= 15 is 0 Å². The molecule has 1 fully saturated rings. The second-order valence-corrected chi connectivity index (χ2v) is 12.1. The SMILES string of the molecule is CC(C)(C)OC(=O)N[C@@H]1CCCC[C@H]1NCc1cc(C(C)(C)C)cc(C(C)(C)C)c1O. The van der Waals surface area contributed by atoms with E-state index in [1.54, 1.807) is 0 Å². The van der Waals surface area contributed by atoms with E-state index in [0.29, 0.717) is 12.3 Å². The zero-order valence-electron chi connectivity index (χ0n) is 21.1. The number of ether oxygens (including phenoxy) is 1. The Kier molecular flexibility index (Phi) is 7.73. The number of aromatic hydroxyl groups is 1. The first-order valence-electron chi connectivity index (χ1n) is 11.7. The molecule has 1 aliphatic carbocycles. The summed E-state index contributed by atoms with van der Waals surface area (Å²) < 4.78 is 5.46. The standard InChI is InChI=1S/C26H44N2O3/c1-24(2,3)18-14-17(22(29)19(15-18)25(4,5)6)16-27-20-12-10-11-13-21(20)28-23(30)31-26(7,8)9/h14-15,20-21,27,29H,10-13,16H2,1-9H3,(H,28,30)/t20-,21-/m1/s1. The maximum absolute atomic E-state index is 12.3. The number of hydrogen-bond acceptors (Lipinski definition) is 4. The summed E-state index contributed by atoms with van der Waals surface area (Å²) in [6, 6.07) is 4.44. The lowest BCUT2D eigenvalue weighted by Gasteiger charge is -2.34. The van der Waals surface area contributed by atoms with Gasteiger partial charge in [-0.15, -0.1) is 0 Å². The average molecular weight is 433 g/mol. The second-order valence-electron chi connectivity index (χ2n) is 12.1. The molecule has 1 aliphatic rings. The zero-order chi connectivity index (χ0) is 23.6. The third-order valence-electron chi connectivity index (χ3n) is 5.89. The number of nitrogens with one attached hydrogen (secondary N) is 2. The average Bonchev–Trinajstić information content (AvgIpc) is 2.58. The summed E-state index contributed by atoms with van der Waals surface area (Å²) in [4.78, 5) is 12.3. The summed E-state index contributed by atoms with van der Waals surface area (Å²) >= 11 is 0. The number of alkyl carbamates (subject to hydrolysis) is 1. The Labute approximate surface area is 189 Å². The molecule has 5 heteroatoms. The van der Waals surface area contributed by atoms with Crippen molar-refractivity contribution in [3.63, 3.8) is 0 Å². The van der Waals surface area contributed by atoms with Crippen molar-refractivity contribution in [1.82, 2.24) is 10.6 Å². The van der Waals surface area contributed by atoms with Crippen LogP contribution >= 0.6 is 0 Å². The number of amides is 1. The smallest absolute Gasteiger partial charge is 0.407 e. The van der Waals surface area contributed by atoms with Crippen molar-refractivity contribution < 1.29 is 14.6 Å². The molecule has 0 aromatic heterocycles. The van der Waals surface area contributed by atoms with E-state index in [2.05, 4.69) is 64.3 Å². The van der Waals surface area contributed by atoms with Crippen LogP contribution in [0.1, 0.15) is 105 Å². The van der Waals surface area contributed by atoms with Gasteiger partial charge in [0.05, 0.1) is 0 Å². The highest BCUT2D eigenvalue weighted by molar-refractivity contribution is 5.68. The van der Waals surface area contributed by atoms with Gasteiger partial charge in [-0.1, -0.05) is 66.5 Å². The minimum atomic E-state index is -0.510. The van der Waals surface area contributed by atoms with Crippen molar-refractivity contribution in [2.75, 3.05) is 0 Å². The molecule has 1 saturated carbocycles. The van der Waals surface area contributed by atoms with Crippen molar-refractivity contribution in [2.45, 2.75) is 123 Å². The Balaban J connectivity index is 2.20. The summed E-state index contributed by atoms with van der Waals surface area (Å²) in [6.45, 7) is 19.2. The number of rotatable bonds is 4. The fourth-order valence-corrected chi connectivity index (χ4v) is 4.08. The number of phenols is 1. The van der Waals surface area contributed by atoms with E-state index in [1.807, 2.05) is 20.8 Å². The van der Waals surface area contributed by atoms with Crippen molar-refractivity contribution in [3.8, 4) is 5.75 Å². The maximum Gasteiger partial charge on any atom is 0.407 e. The van der Waals surface area contributed by atoms with Crippen LogP contribution < -0.4 is 10.6 Å². The van der Waals surface area contributed by atoms with E-state index in [-0.39, 0.29) is 29.0 Å². The lowest BCUT2D eigenvalue weighted by molar-refractivity contribution is 0.0479. The topological polar surface area (TPSA) is 70.6 Å². The van der Waals surface area contributed by atoms with Gasteiger partial charge in [0.15, 0.2) is 0 Å². The van der Waals surface area contributed by atoms with Gasteiger partial charge in [0.1, 0.15) is 11.4 Å². The van der Waals surface area contributed by atoms with Crippen molar-refractivity contribution in [3.05, 3.63) is 28.8 Å². The molecule has 31 heavy (non-hydrogen) atoms. The Morgan fingerprint density at radius 3 is 2.06 bits per heavy atom. The minimum Gasteiger partial charge on any atom is -0.507 e. The molecular formula is C26H44N2O3. The Bertz CT molecular complexity index is 767. The summed E-state index contributed by atoms with van der Waals surface area (Å²) in [5.74, 6) is 0.375. The quantitative estimate of drug-likeness (QED) is 0.553. The minimum absolute atomic E-state index is 0.00586. The van der Waals surface area contributed by atoms with Crippen LogP contribution in [0.15, 0.2) is 12.1 Å². The first-order valence-corrected chi connectivity index (χ1v) is 11.7. The molecule has 0 radical (unpaired) electrons. The molecule has 0 spiro atoms. The molecule has 0 heterocycles. The zero-order valence-corrected chi connectivity index (χ0v) is 21.1. The van der Waals surface area contributed by atoms with Gasteiger partial charge in [0, 0.05) is 24.2 Å². The summed E-state index contributed by atoms with van der Waals surface area (Å²) in [6.07, 6.45) is 3.78. The van der Waals surface area contributed by atoms with E-state index in [1.165, 1.54) is 5.56 Å². The largest absolute Gasteiger partial charge is 0.507 e. The van der Waals surface area contributed by atoms with Crippen LogP contribution in [0, 0.1) is 0 Å². The molecule has 3 N–H and O–H groups in total. The van der Waals surface area contributed by atoms with Crippen LogP contribution in [0.25, 0.3) is 0 Å². The maximum atomic E-state index is 12.3. The molecule has 0 aliphatic heterocycles. The monoisotopic (exact) mass is 432 g/mol. The molecule has 5 nitrogen and oxygen atoms in total. The first-order chi connectivity index (χ1) is 14.1. The lowest BCUT2D eigenvalue weighted by Crippen LogP contribution is -2.52. The van der Waals surface area contributed by atoms with Crippen molar-refractivity contribution >= 4 is 6.09 Å². The van der Waals surface area contributed by atoms with Crippen molar-refractivity contribution in [2.24, 2.45) is 0 Å². The molecule has 176 valence electrons. The number of carbonyl (C=O) groups excluding carboxylic acids is 1. The van der Waals surface area contributed by atoms with Gasteiger partial charge in [-0.05, 0) is 55.6 Å². The Hall–Kier alpha value is -1.75. The molecule has 0 bridgehead atoms. The van der Waals surface area contributed by atoms with E-state index in [4.69, 9.17) is 4.74 Å². The van der Waals surface area contributed by atoms with Gasteiger partial charge in [-0.3, -0.25) is 0 Å². The number of carbonyl (C=O) groups is 1. The second kappa shape index (κ2) is 9.40. The fraction of sp³-hybridized carbons (Fsp3) is 0.731. The number of phenolic OH excluding ortho intramolecular Hbond substituents is 1. The first kappa shape index (κ1) is 25.5. The Morgan fingerprint density at radius 1 is 0.968 bits per heavy atom. The highest BCUT2D eigenvalue weighted by atomic mass is 16.6. The molecule has 1 amide bonds. The van der Waals surface area contributed by atoms with Gasteiger partial charge >= 0.3 is 6.09 Å². The third-order valence-corrected chi connectivity index (χ3v) is 5.89. The molecule has 0 unspecified atom stereocenters. The van der Waals surface area contributed by atoms with Gasteiger partial charge in [-0.25, -0.2) is 4.79 Å². The van der Waals surface area contributed by atoms with Gasteiger partial charge in [0.2, 0.25) is 0 Å². The predicted molar refractivity (Wildman–Crippen MR) is 128 cm³/mol. The van der Waals surface area contributed by atoms with Crippen LogP contribution in [-0.4, -0.2) is 28.9 Å². The fourth-order valence-electron chi connectivity index (χ4n) is 4.08. The van der Waals surface area contributed by atoms with Crippen LogP contribution in [0.5, 0.6) is 5.75 Å². The number of benzene rings is 1. The molecule has 2 atom stereocenters. The normalized spacial score (nSPS) is 20.4. The van der Waals surface area contributed by atoms with E-state index in [9.17, 15) is 9.90 Å². The van der Waals surface area contributed by atoms with Gasteiger partial charge in [-0.2, -0.15) is 0 Å². The van der Waals surface area contributed by atoms with E-state index < -0.39 is 5.60 Å². The molecular weight excluding hydrogens is 388 g/mol. The van der Waals surface area contributed by atoms with Crippen LogP contribution in [0.2, 0.25) is 0 Å². The van der Waals surface area contributed by atoms with Gasteiger partial charge < -0.3 is 20.5 Å². The highest BCUT2D eigenvalue weighted by Crippen LogP contribution is 2.37. The molecule has 2 rings (SSSR count). The highest BCUT2D eigenvalue weighted by Gasteiger charge is 2.29.